The Hall–Kier alpha value is -1.88. The lowest BCUT2D eigenvalue weighted by atomic mass is 10.0. The van der Waals surface area contributed by atoms with E-state index in [1.165, 1.54) is 0 Å². The van der Waals surface area contributed by atoms with Crippen molar-refractivity contribution in [3.05, 3.63) is 48.3 Å². The molecule has 2 heterocycles. The second kappa shape index (κ2) is 5.15. The van der Waals surface area contributed by atoms with E-state index in [1.54, 1.807) is 24.3 Å². The minimum absolute atomic E-state index is 0.401. The molecule has 2 aromatic rings. The van der Waals surface area contributed by atoms with E-state index in [1.807, 2.05) is 30.5 Å². The zero-order valence-electron chi connectivity index (χ0n) is 12.2. The average Bonchev–Trinajstić information content (AvgIpc) is 2.91. The van der Waals surface area contributed by atoms with Gasteiger partial charge < -0.3 is 0 Å². The largest absolute Gasteiger partial charge is 0.269 e. The third-order valence-electron chi connectivity index (χ3n) is 3.83. The molecule has 5 heteroatoms. The molecule has 0 atom stereocenters. The van der Waals surface area contributed by atoms with Gasteiger partial charge in [0.1, 0.15) is 0 Å². The summed E-state index contributed by atoms with van der Waals surface area (Å²) in [6.07, 6.45) is 4.32. The first-order chi connectivity index (χ1) is 10.00. The summed E-state index contributed by atoms with van der Waals surface area (Å²) in [6, 6.07) is 9.85. The number of hydrogen-bond donors (Lipinski definition) is 0. The Kier molecular flexibility index (Phi) is 3.45. The van der Waals surface area contributed by atoms with E-state index in [0.29, 0.717) is 6.54 Å². The fourth-order valence-corrected chi connectivity index (χ4v) is 3.91. The summed E-state index contributed by atoms with van der Waals surface area (Å²) in [5.74, 6) is 0. The van der Waals surface area contributed by atoms with Gasteiger partial charge in [-0.05, 0) is 55.2 Å². The smallest absolute Gasteiger partial charge is 0.237 e. The Morgan fingerprint density at radius 3 is 2.67 bits per heavy atom. The minimum Gasteiger partial charge on any atom is -0.269 e. The van der Waals surface area contributed by atoms with Gasteiger partial charge in [-0.15, -0.1) is 0 Å². The van der Waals surface area contributed by atoms with Gasteiger partial charge in [-0.2, -0.15) is 0 Å². The fraction of sp³-hybridized carbons (Fsp3) is 0.312. The summed E-state index contributed by atoms with van der Waals surface area (Å²) in [5.41, 5.74) is 4.02. The lowest BCUT2D eigenvalue weighted by Crippen LogP contribution is -2.34. The third kappa shape index (κ3) is 2.42. The molecule has 0 saturated heterocycles. The highest BCUT2D eigenvalue weighted by Crippen LogP contribution is 2.34. The number of hydrogen-bond acceptors (Lipinski definition) is 3. The van der Waals surface area contributed by atoms with Gasteiger partial charge in [0, 0.05) is 18.9 Å². The second-order valence-corrected chi connectivity index (χ2v) is 7.91. The normalized spacial score (nSPS) is 14.5. The van der Waals surface area contributed by atoms with Crippen molar-refractivity contribution in [3.8, 4) is 11.1 Å². The number of aromatic nitrogens is 1. The summed E-state index contributed by atoms with van der Waals surface area (Å²) in [5, 5.41) is -0.401. The topological polar surface area (TPSA) is 50.3 Å². The number of sulfonamides is 1. The minimum atomic E-state index is -3.25. The lowest BCUT2D eigenvalue weighted by Gasteiger charge is -2.22. The molecule has 1 aromatic carbocycles. The first-order valence-electron chi connectivity index (χ1n) is 7.05. The molecule has 0 bridgehead atoms. The van der Waals surface area contributed by atoms with E-state index in [2.05, 4.69) is 11.1 Å². The first-order valence-corrected chi connectivity index (χ1v) is 8.55. The number of pyridine rings is 1. The van der Waals surface area contributed by atoms with Crippen molar-refractivity contribution in [1.29, 1.82) is 0 Å². The Morgan fingerprint density at radius 2 is 2.00 bits per heavy atom. The molecule has 3 rings (SSSR count). The van der Waals surface area contributed by atoms with E-state index in [0.717, 1.165) is 28.8 Å². The van der Waals surface area contributed by atoms with Gasteiger partial charge in [0.15, 0.2) is 0 Å². The van der Waals surface area contributed by atoms with Crippen LogP contribution in [0.5, 0.6) is 0 Å². The Bertz CT molecular complexity index is 755. The monoisotopic (exact) mass is 302 g/mol. The van der Waals surface area contributed by atoms with Crippen LogP contribution < -0.4 is 4.31 Å². The molecule has 0 unspecified atom stereocenters. The Balaban J connectivity index is 2.00. The number of nitrogens with zero attached hydrogens (tertiary/aromatic N) is 2. The van der Waals surface area contributed by atoms with Gasteiger partial charge in [-0.25, -0.2) is 8.42 Å². The highest BCUT2D eigenvalue weighted by molar-refractivity contribution is 7.93. The number of fused-ring (bicyclic) bond motifs is 1. The zero-order valence-corrected chi connectivity index (χ0v) is 13.0. The second-order valence-electron chi connectivity index (χ2n) is 5.50. The molecule has 0 spiro atoms. The van der Waals surface area contributed by atoms with Crippen LogP contribution in [0.2, 0.25) is 0 Å². The number of anilines is 1. The van der Waals surface area contributed by atoms with Gasteiger partial charge >= 0.3 is 0 Å². The van der Waals surface area contributed by atoms with Crippen molar-refractivity contribution in [1.82, 2.24) is 4.98 Å². The highest BCUT2D eigenvalue weighted by Gasteiger charge is 2.31. The van der Waals surface area contributed by atoms with Crippen LogP contribution in [0.4, 0.5) is 5.69 Å². The van der Waals surface area contributed by atoms with Crippen LogP contribution >= 0.6 is 0 Å². The summed E-state index contributed by atoms with van der Waals surface area (Å²) >= 11 is 0. The van der Waals surface area contributed by atoms with Gasteiger partial charge in [-0.1, -0.05) is 12.1 Å². The molecule has 4 nitrogen and oxygen atoms in total. The average molecular weight is 302 g/mol. The van der Waals surface area contributed by atoms with E-state index >= 15 is 0 Å². The summed E-state index contributed by atoms with van der Waals surface area (Å²) in [4.78, 5) is 4.13. The quantitative estimate of drug-likeness (QED) is 0.876. The van der Waals surface area contributed by atoms with Crippen molar-refractivity contribution >= 4 is 15.7 Å². The maximum atomic E-state index is 12.4. The first kappa shape index (κ1) is 14.1. The van der Waals surface area contributed by atoms with Crippen molar-refractivity contribution in [3.63, 3.8) is 0 Å². The highest BCUT2D eigenvalue weighted by atomic mass is 32.2. The molecular weight excluding hydrogens is 284 g/mol. The van der Waals surface area contributed by atoms with E-state index in [4.69, 9.17) is 0 Å². The van der Waals surface area contributed by atoms with E-state index in [9.17, 15) is 8.42 Å². The number of rotatable bonds is 3. The van der Waals surface area contributed by atoms with Crippen molar-refractivity contribution in [2.24, 2.45) is 0 Å². The predicted molar refractivity (Wildman–Crippen MR) is 84.8 cm³/mol. The molecule has 0 fully saturated rings. The molecule has 0 saturated carbocycles. The lowest BCUT2D eigenvalue weighted by molar-refractivity contribution is 0.583. The third-order valence-corrected chi connectivity index (χ3v) is 6.02. The zero-order chi connectivity index (χ0) is 15.0. The van der Waals surface area contributed by atoms with Gasteiger partial charge in [-0.3, -0.25) is 9.29 Å². The molecular formula is C16H18N2O2S. The van der Waals surface area contributed by atoms with Gasteiger partial charge in [0.05, 0.1) is 10.9 Å². The molecule has 21 heavy (non-hydrogen) atoms. The molecule has 1 aromatic heterocycles. The maximum absolute atomic E-state index is 12.4. The summed E-state index contributed by atoms with van der Waals surface area (Å²) < 4.78 is 26.3. The molecule has 0 amide bonds. The SMILES string of the molecule is CC(C)S(=O)(=O)N1CCc2cc(-c3cccnc3)ccc21. The molecule has 0 radical (unpaired) electrons. The van der Waals surface area contributed by atoms with Crippen LogP contribution in [-0.2, 0) is 16.4 Å². The van der Waals surface area contributed by atoms with Crippen molar-refractivity contribution in [2.45, 2.75) is 25.5 Å². The van der Waals surface area contributed by atoms with Crippen molar-refractivity contribution in [2.75, 3.05) is 10.8 Å². The van der Waals surface area contributed by atoms with Crippen LogP contribution in [0.1, 0.15) is 19.4 Å². The van der Waals surface area contributed by atoms with Crippen LogP contribution in [0, 0.1) is 0 Å². The fourth-order valence-electron chi connectivity index (χ4n) is 2.60. The molecule has 1 aliphatic heterocycles. The molecule has 0 N–H and O–H groups in total. The Morgan fingerprint density at radius 1 is 1.19 bits per heavy atom. The van der Waals surface area contributed by atoms with Crippen LogP contribution in [0.25, 0.3) is 11.1 Å². The molecule has 110 valence electrons. The van der Waals surface area contributed by atoms with Gasteiger partial charge in [0.25, 0.3) is 0 Å². The van der Waals surface area contributed by atoms with Gasteiger partial charge in [0.2, 0.25) is 10.0 Å². The van der Waals surface area contributed by atoms with E-state index in [-0.39, 0.29) is 0 Å². The van der Waals surface area contributed by atoms with E-state index < -0.39 is 15.3 Å². The number of benzene rings is 1. The van der Waals surface area contributed by atoms with Crippen LogP contribution in [-0.4, -0.2) is 25.2 Å². The Labute approximate surface area is 125 Å². The van der Waals surface area contributed by atoms with Crippen LogP contribution in [0.15, 0.2) is 42.7 Å². The maximum Gasteiger partial charge on any atom is 0.237 e. The van der Waals surface area contributed by atoms with Crippen LogP contribution in [0.3, 0.4) is 0 Å². The summed E-state index contributed by atoms with van der Waals surface area (Å²) in [7, 11) is -3.25. The molecule has 1 aliphatic rings. The predicted octanol–water partition coefficient (Wildman–Crippen LogP) is 2.85. The van der Waals surface area contributed by atoms with Crippen molar-refractivity contribution < 1.29 is 8.42 Å². The molecule has 0 aliphatic carbocycles. The standard InChI is InChI=1S/C16H18N2O2S/c1-12(2)21(19,20)18-9-7-14-10-13(5-6-16(14)18)15-4-3-8-17-11-15/h3-6,8,10-12H,7,9H2,1-2H3. The summed E-state index contributed by atoms with van der Waals surface area (Å²) in [6.45, 7) is 3.97.